The molecule has 2 unspecified atom stereocenters. The van der Waals surface area contributed by atoms with E-state index < -0.39 is 5.60 Å². The predicted octanol–water partition coefficient (Wildman–Crippen LogP) is 3.34. The van der Waals surface area contributed by atoms with Crippen LogP contribution in [0, 0.1) is 11.7 Å². The van der Waals surface area contributed by atoms with Gasteiger partial charge in [-0.1, -0.05) is 38.1 Å². The molecule has 122 valence electrons. The summed E-state index contributed by atoms with van der Waals surface area (Å²) in [7, 11) is 0. The molecule has 1 aliphatic carbocycles. The van der Waals surface area contributed by atoms with Crippen molar-refractivity contribution in [1.82, 2.24) is 10.3 Å². The number of nitrogens with one attached hydrogen (secondary N) is 1. The molecule has 23 heavy (non-hydrogen) atoms. The Bertz CT molecular complexity index is 671. The molecule has 2 atom stereocenters. The fraction of sp³-hybridized carbons (Fsp3) is 0.421. The van der Waals surface area contributed by atoms with Crippen molar-refractivity contribution in [2.45, 2.75) is 38.3 Å². The number of aliphatic hydroxyl groups is 1. The van der Waals surface area contributed by atoms with Gasteiger partial charge in [-0.3, -0.25) is 4.98 Å². The van der Waals surface area contributed by atoms with Crippen molar-refractivity contribution >= 4 is 0 Å². The van der Waals surface area contributed by atoms with Gasteiger partial charge in [0.25, 0.3) is 0 Å². The third kappa shape index (κ3) is 3.28. The highest BCUT2D eigenvalue weighted by Gasteiger charge is 2.37. The number of nitrogens with zero attached hydrogens (tertiary/aromatic N) is 1. The van der Waals surface area contributed by atoms with E-state index in [2.05, 4.69) is 30.2 Å². The van der Waals surface area contributed by atoms with Gasteiger partial charge in [0, 0.05) is 6.54 Å². The Morgan fingerprint density at radius 2 is 2.04 bits per heavy atom. The second-order valence-electron chi connectivity index (χ2n) is 6.69. The maximum atomic E-state index is 13.1. The molecule has 2 N–H and O–H groups in total. The molecular formula is C19H23FN2O. The lowest BCUT2D eigenvalue weighted by Crippen LogP contribution is -2.39. The number of benzene rings is 1. The van der Waals surface area contributed by atoms with E-state index in [0.717, 1.165) is 24.1 Å². The van der Waals surface area contributed by atoms with Crippen LogP contribution in [-0.2, 0) is 12.0 Å². The monoisotopic (exact) mass is 314 g/mol. The van der Waals surface area contributed by atoms with Crippen LogP contribution in [0.1, 0.15) is 43.1 Å². The van der Waals surface area contributed by atoms with Crippen molar-refractivity contribution in [2.75, 3.05) is 6.54 Å². The highest BCUT2D eigenvalue weighted by Crippen LogP contribution is 2.36. The summed E-state index contributed by atoms with van der Waals surface area (Å²) >= 11 is 0. The van der Waals surface area contributed by atoms with E-state index in [0.29, 0.717) is 6.54 Å². The van der Waals surface area contributed by atoms with Gasteiger partial charge in [0.1, 0.15) is 11.4 Å². The van der Waals surface area contributed by atoms with Gasteiger partial charge in [0.2, 0.25) is 0 Å². The zero-order chi connectivity index (χ0) is 16.4. The van der Waals surface area contributed by atoms with E-state index in [1.807, 2.05) is 18.2 Å². The van der Waals surface area contributed by atoms with Crippen LogP contribution in [0.5, 0.6) is 0 Å². The van der Waals surface area contributed by atoms with Gasteiger partial charge >= 0.3 is 0 Å². The topological polar surface area (TPSA) is 45.1 Å². The van der Waals surface area contributed by atoms with Crippen LogP contribution in [0.2, 0.25) is 0 Å². The Hall–Kier alpha value is -1.78. The second kappa shape index (κ2) is 6.38. The molecule has 0 aliphatic heterocycles. The normalized spacial score (nSPS) is 21.4. The number of halogens is 1. The molecule has 3 nitrogen and oxygen atoms in total. The van der Waals surface area contributed by atoms with Crippen molar-refractivity contribution in [2.24, 2.45) is 5.92 Å². The molecule has 1 aliphatic rings. The van der Waals surface area contributed by atoms with E-state index in [4.69, 9.17) is 0 Å². The first-order valence-electron chi connectivity index (χ1n) is 8.15. The Balaban J connectivity index is 1.76. The lowest BCUT2D eigenvalue weighted by molar-refractivity contribution is 0.0339. The smallest absolute Gasteiger partial charge is 0.141 e. The minimum atomic E-state index is -0.843. The summed E-state index contributed by atoms with van der Waals surface area (Å²) in [6, 6.07) is 11.2. The number of hydrogen-bond acceptors (Lipinski definition) is 3. The Morgan fingerprint density at radius 1 is 1.26 bits per heavy atom. The number of pyridine rings is 1. The van der Waals surface area contributed by atoms with Gasteiger partial charge < -0.3 is 10.4 Å². The Labute approximate surface area is 136 Å². The van der Waals surface area contributed by atoms with Gasteiger partial charge in [-0.05, 0) is 42.0 Å². The van der Waals surface area contributed by atoms with Gasteiger partial charge in [-0.25, -0.2) is 4.39 Å². The first-order chi connectivity index (χ1) is 11.0. The lowest BCUT2D eigenvalue weighted by Gasteiger charge is -2.29. The summed E-state index contributed by atoms with van der Waals surface area (Å²) in [5.74, 6) is -0.0483. The van der Waals surface area contributed by atoms with Gasteiger partial charge in [0.15, 0.2) is 0 Å². The highest BCUT2D eigenvalue weighted by atomic mass is 19.1. The molecule has 1 heterocycles. The molecular weight excluding hydrogens is 291 g/mol. The fourth-order valence-electron chi connectivity index (χ4n) is 3.38. The molecule has 2 aromatic rings. The molecule has 1 aromatic carbocycles. The maximum Gasteiger partial charge on any atom is 0.141 e. The molecule has 4 heteroatoms. The Morgan fingerprint density at radius 3 is 2.74 bits per heavy atom. The number of hydrogen-bond donors (Lipinski definition) is 2. The third-order valence-electron chi connectivity index (χ3n) is 4.68. The lowest BCUT2D eigenvalue weighted by atomic mass is 9.93. The van der Waals surface area contributed by atoms with Crippen molar-refractivity contribution in [3.05, 3.63) is 65.2 Å². The van der Waals surface area contributed by atoms with Crippen LogP contribution in [0.25, 0.3) is 0 Å². The molecule has 0 saturated heterocycles. The number of fused-ring (bicyclic) bond motifs is 1. The standard InChI is InChI=1S/C19H23FN2O/c1-13(2)18(17-8-7-15(20)11-21-17)22-12-19(23)10-9-14-5-3-4-6-16(14)19/h3-8,11,13,18,22-23H,9-10,12H2,1-2H3. The summed E-state index contributed by atoms with van der Waals surface area (Å²) in [4.78, 5) is 4.19. The second-order valence-corrected chi connectivity index (χ2v) is 6.69. The number of aromatic nitrogens is 1. The largest absolute Gasteiger partial charge is 0.384 e. The Kier molecular flexibility index (Phi) is 4.46. The average molecular weight is 314 g/mol. The van der Waals surface area contributed by atoms with E-state index in [-0.39, 0.29) is 17.8 Å². The molecule has 0 spiro atoms. The first-order valence-corrected chi connectivity index (χ1v) is 8.15. The van der Waals surface area contributed by atoms with E-state index >= 15 is 0 Å². The quantitative estimate of drug-likeness (QED) is 0.889. The molecule has 0 saturated carbocycles. The zero-order valence-corrected chi connectivity index (χ0v) is 13.6. The molecule has 0 radical (unpaired) electrons. The van der Waals surface area contributed by atoms with Gasteiger partial charge in [-0.15, -0.1) is 0 Å². The number of aryl methyl sites for hydroxylation is 1. The molecule has 0 amide bonds. The molecule has 3 rings (SSSR count). The third-order valence-corrected chi connectivity index (χ3v) is 4.68. The van der Waals surface area contributed by atoms with Crippen LogP contribution < -0.4 is 5.32 Å². The van der Waals surface area contributed by atoms with Crippen molar-refractivity contribution < 1.29 is 9.50 Å². The first kappa shape index (κ1) is 16.1. The minimum Gasteiger partial charge on any atom is -0.384 e. The summed E-state index contributed by atoms with van der Waals surface area (Å²) in [6.07, 6.45) is 2.86. The predicted molar refractivity (Wildman–Crippen MR) is 88.4 cm³/mol. The van der Waals surface area contributed by atoms with E-state index in [1.54, 1.807) is 6.07 Å². The minimum absolute atomic E-state index is 0.0209. The molecule has 0 bridgehead atoms. The van der Waals surface area contributed by atoms with Crippen LogP contribution in [-0.4, -0.2) is 16.6 Å². The maximum absolute atomic E-state index is 13.1. The van der Waals surface area contributed by atoms with Crippen LogP contribution >= 0.6 is 0 Å². The highest BCUT2D eigenvalue weighted by molar-refractivity contribution is 5.37. The van der Waals surface area contributed by atoms with Crippen molar-refractivity contribution in [3.63, 3.8) is 0 Å². The summed E-state index contributed by atoms with van der Waals surface area (Å²) in [5, 5.41) is 14.5. The van der Waals surface area contributed by atoms with Crippen LogP contribution in [0.15, 0.2) is 42.6 Å². The van der Waals surface area contributed by atoms with E-state index in [1.165, 1.54) is 17.8 Å². The van der Waals surface area contributed by atoms with E-state index in [9.17, 15) is 9.50 Å². The van der Waals surface area contributed by atoms with Gasteiger partial charge in [-0.2, -0.15) is 0 Å². The van der Waals surface area contributed by atoms with Gasteiger partial charge in [0.05, 0.1) is 17.9 Å². The number of rotatable bonds is 5. The summed E-state index contributed by atoms with van der Waals surface area (Å²) in [6.45, 7) is 4.65. The SMILES string of the molecule is CC(C)C(NCC1(O)CCc2ccccc21)c1ccc(F)cn1. The average Bonchev–Trinajstić information content (AvgIpc) is 2.87. The van der Waals surface area contributed by atoms with Crippen LogP contribution in [0.3, 0.4) is 0 Å². The molecule has 1 aromatic heterocycles. The van der Waals surface area contributed by atoms with Crippen molar-refractivity contribution in [1.29, 1.82) is 0 Å². The summed E-state index contributed by atoms with van der Waals surface area (Å²) in [5.41, 5.74) is 2.19. The van der Waals surface area contributed by atoms with Crippen molar-refractivity contribution in [3.8, 4) is 0 Å². The summed E-state index contributed by atoms with van der Waals surface area (Å²) < 4.78 is 13.1. The molecule has 0 fully saturated rings. The van der Waals surface area contributed by atoms with Crippen LogP contribution in [0.4, 0.5) is 4.39 Å². The fourth-order valence-corrected chi connectivity index (χ4v) is 3.38. The zero-order valence-electron chi connectivity index (χ0n) is 13.6.